The highest BCUT2D eigenvalue weighted by atomic mass is 35.5. The lowest BCUT2D eigenvalue weighted by Gasteiger charge is -2.22. The quantitative estimate of drug-likeness (QED) is 0.306. The van der Waals surface area contributed by atoms with Crippen molar-refractivity contribution in [3.63, 3.8) is 0 Å². The average molecular weight is 481 g/mol. The van der Waals surface area contributed by atoms with E-state index in [0.717, 1.165) is 34.5 Å². The van der Waals surface area contributed by atoms with E-state index in [1.54, 1.807) is 24.0 Å². The number of amides is 1. The second-order valence-electron chi connectivity index (χ2n) is 8.48. The van der Waals surface area contributed by atoms with Crippen LogP contribution >= 0.6 is 11.6 Å². The second-order valence-corrected chi connectivity index (χ2v) is 8.91. The Kier molecular flexibility index (Phi) is 7.55. The highest BCUT2D eigenvalue weighted by molar-refractivity contribution is 6.30. The van der Waals surface area contributed by atoms with Crippen LogP contribution in [0.15, 0.2) is 67.3 Å². The number of hydrogen-bond donors (Lipinski definition) is 2. The maximum Gasteiger partial charge on any atom is 0.268 e. The molecule has 0 aliphatic rings. The molecule has 8 heteroatoms. The zero-order valence-corrected chi connectivity index (χ0v) is 19.9. The van der Waals surface area contributed by atoms with Crippen molar-refractivity contribution >= 4 is 28.4 Å². The molecule has 4 aromatic rings. The fourth-order valence-electron chi connectivity index (χ4n) is 4.12. The smallest absolute Gasteiger partial charge is 0.268 e. The maximum absolute atomic E-state index is 11.4. The van der Waals surface area contributed by atoms with E-state index in [-0.39, 0.29) is 11.7 Å². The van der Waals surface area contributed by atoms with Gasteiger partial charge in [0.25, 0.3) is 5.91 Å². The number of aliphatic hydroxyl groups excluding tert-OH is 1. The molecule has 2 heterocycles. The summed E-state index contributed by atoms with van der Waals surface area (Å²) in [6.07, 6.45) is 7.05. The lowest BCUT2D eigenvalue weighted by Crippen LogP contribution is -2.22. The molecule has 2 atom stereocenters. The summed E-state index contributed by atoms with van der Waals surface area (Å²) in [6.45, 7) is 3.04. The number of nitrogens with zero attached hydrogens (tertiary/aromatic N) is 3. The van der Waals surface area contributed by atoms with Crippen molar-refractivity contribution in [2.24, 2.45) is 5.73 Å². The highest BCUT2D eigenvalue weighted by Crippen LogP contribution is 2.25. The molecular formula is C26H29ClN4O3. The molecule has 7 nitrogen and oxygen atoms in total. The van der Waals surface area contributed by atoms with Crippen LogP contribution in [0.5, 0.6) is 5.75 Å². The summed E-state index contributed by atoms with van der Waals surface area (Å²) in [4.78, 5) is 15.4. The first-order valence-electron chi connectivity index (χ1n) is 11.4. The monoisotopic (exact) mass is 480 g/mol. The van der Waals surface area contributed by atoms with Gasteiger partial charge in [-0.3, -0.25) is 4.79 Å². The van der Waals surface area contributed by atoms with E-state index in [0.29, 0.717) is 19.6 Å². The van der Waals surface area contributed by atoms with Crippen LogP contribution in [0.3, 0.4) is 0 Å². The lowest BCUT2D eigenvalue weighted by atomic mass is 10.1. The molecule has 0 spiro atoms. The fourth-order valence-corrected chi connectivity index (χ4v) is 4.25. The molecule has 3 N–H and O–H groups in total. The molecule has 4 rings (SSSR count). The fraction of sp³-hybridized carbons (Fsp3) is 0.308. The summed E-state index contributed by atoms with van der Waals surface area (Å²) >= 11 is 5.94. The number of primary amides is 1. The molecule has 0 saturated heterocycles. The molecule has 34 heavy (non-hydrogen) atoms. The van der Waals surface area contributed by atoms with Gasteiger partial charge in [-0.05, 0) is 67.5 Å². The Hall–Kier alpha value is -3.29. The Morgan fingerprint density at radius 3 is 2.71 bits per heavy atom. The molecule has 0 radical (unpaired) electrons. The first kappa shape index (κ1) is 23.9. The van der Waals surface area contributed by atoms with E-state index >= 15 is 0 Å². The number of nitrogens with two attached hydrogens (primary N) is 1. The number of carbonyl (C=O) groups is 1. The van der Waals surface area contributed by atoms with Gasteiger partial charge in [-0.2, -0.15) is 0 Å². The largest absolute Gasteiger partial charge is 0.494 e. The van der Waals surface area contributed by atoms with Crippen LogP contribution in [0, 0.1) is 0 Å². The molecule has 0 unspecified atom stereocenters. The van der Waals surface area contributed by atoms with Crippen molar-refractivity contribution in [3.8, 4) is 5.75 Å². The van der Waals surface area contributed by atoms with Crippen LogP contribution in [0.4, 0.5) is 0 Å². The Morgan fingerprint density at radius 1 is 1.21 bits per heavy atom. The summed E-state index contributed by atoms with van der Waals surface area (Å²) in [7, 11) is 0. The molecule has 0 saturated carbocycles. The number of hydrogen-bond acceptors (Lipinski definition) is 4. The SMILES string of the molecule is C[C@H](O)[C@@H](CCn1ccc2ccc(OCCCc3ccc(Cl)cc3)cc21)n1cnc(C(N)=O)c1. The zero-order valence-electron chi connectivity index (χ0n) is 19.1. The van der Waals surface area contributed by atoms with E-state index in [4.69, 9.17) is 22.1 Å². The third-order valence-corrected chi connectivity index (χ3v) is 6.25. The number of aliphatic hydroxyl groups is 1. The standard InChI is InChI=1S/C26H29ClN4O3/c1-18(32)24(31-16-23(26(28)33)29-17-31)11-13-30-12-10-20-6-9-22(15-25(20)30)34-14-2-3-19-4-7-21(27)8-5-19/h4-10,12,15-18,24,32H,2-3,11,13-14H2,1H3,(H2,28,33)/t18-,24+/m0/s1. The summed E-state index contributed by atoms with van der Waals surface area (Å²) in [5.41, 5.74) is 7.81. The summed E-state index contributed by atoms with van der Waals surface area (Å²) in [5.74, 6) is 0.247. The molecule has 0 aliphatic heterocycles. The molecular weight excluding hydrogens is 452 g/mol. The Bertz CT molecular complexity index is 1250. The maximum atomic E-state index is 11.4. The third-order valence-electron chi connectivity index (χ3n) is 6.00. The predicted molar refractivity (Wildman–Crippen MR) is 133 cm³/mol. The van der Waals surface area contributed by atoms with Gasteiger partial charge in [0.15, 0.2) is 0 Å². The van der Waals surface area contributed by atoms with Crippen LogP contribution in [0.25, 0.3) is 10.9 Å². The second kappa shape index (κ2) is 10.8. The number of ether oxygens (including phenoxy) is 1. The van der Waals surface area contributed by atoms with Crippen molar-refractivity contribution in [2.75, 3.05) is 6.61 Å². The van der Waals surface area contributed by atoms with Crippen molar-refractivity contribution in [2.45, 2.75) is 44.9 Å². The van der Waals surface area contributed by atoms with Crippen molar-refractivity contribution < 1.29 is 14.6 Å². The first-order chi connectivity index (χ1) is 16.4. The van der Waals surface area contributed by atoms with Gasteiger partial charge in [-0.15, -0.1) is 0 Å². The lowest BCUT2D eigenvalue weighted by molar-refractivity contribution is 0.0994. The molecule has 0 aliphatic carbocycles. The van der Waals surface area contributed by atoms with Crippen LogP contribution in [0.1, 0.15) is 41.9 Å². The van der Waals surface area contributed by atoms with E-state index in [9.17, 15) is 9.90 Å². The number of aryl methyl sites for hydroxylation is 2. The van der Waals surface area contributed by atoms with Crippen molar-refractivity contribution in [1.29, 1.82) is 0 Å². The molecule has 1 amide bonds. The molecule has 0 fully saturated rings. The minimum Gasteiger partial charge on any atom is -0.494 e. The van der Waals surface area contributed by atoms with Crippen LogP contribution < -0.4 is 10.5 Å². The van der Waals surface area contributed by atoms with Gasteiger partial charge in [-0.1, -0.05) is 23.7 Å². The average Bonchev–Trinajstić information content (AvgIpc) is 3.46. The molecule has 178 valence electrons. The number of benzene rings is 2. The highest BCUT2D eigenvalue weighted by Gasteiger charge is 2.19. The van der Waals surface area contributed by atoms with E-state index < -0.39 is 12.0 Å². The van der Waals surface area contributed by atoms with E-state index in [1.807, 2.05) is 36.5 Å². The Labute approximate surface area is 203 Å². The number of halogens is 1. The van der Waals surface area contributed by atoms with Crippen molar-refractivity contribution in [3.05, 3.63) is 83.5 Å². The molecule has 2 aromatic heterocycles. The number of carbonyl (C=O) groups excluding carboxylic acids is 1. The minimum absolute atomic E-state index is 0.190. The van der Waals surface area contributed by atoms with Crippen LogP contribution in [0.2, 0.25) is 5.02 Å². The zero-order chi connectivity index (χ0) is 24.1. The number of imidazole rings is 1. The molecule has 0 bridgehead atoms. The summed E-state index contributed by atoms with van der Waals surface area (Å²) < 4.78 is 9.91. The van der Waals surface area contributed by atoms with Gasteiger partial charge in [0, 0.05) is 30.0 Å². The van der Waals surface area contributed by atoms with E-state index in [2.05, 4.69) is 27.8 Å². The summed E-state index contributed by atoms with van der Waals surface area (Å²) in [5, 5.41) is 12.2. The minimum atomic E-state index is -0.615. The number of rotatable bonds is 11. The van der Waals surface area contributed by atoms with Gasteiger partial charge in [-0.25, -0.2) is 4.98 Å². The number of fused-ring (bicyclic) bond motifs is 1. The van der Waals surface area contributed by atoms with Gasteiger partial charge in [0.05, 0.1) is 30.6 Å². The molecule has 2 aromatic carbocycles. The normalized spacial score (nSPS) is 13.1. The first-order valence-corrected chi connectivity index (χ1v) is 11.8. The predicted octanol–water partition coefficient (Wildman–Crippen LogP) is 4.61. The van der Waals surface area contributed by atoms with Gasteiger partial charge in [0.1, 0.15) is 11.4 Å². The topological polar surface area (TPSA) is 95.3 Å². The van der Waals surface area contributed by atoms with Crippen LogP contribution in [-0.2, 0) is 13.0 Å². The summed E-state index contributed by atoms with van der Waals surface area (Å²) in [6, 6.07) is 15.8. The van der Waals surface area contributed by atoms with Gasteiger partial charge in [0.2, 0.25) is 0 Å². The third kappa shape index (κ3) is 5.79. The van der Waals surface area contributed by atoms with Gasteiger partial charge < -0.3 is 24.7 Å². The van der Waals surface area contributed by atoms with Gasteiger partial charge >= 0.3 is 0 Å². The Balaban J connectivity index is 1.38. The Morgan fingerprint density at radius 2 is 2.00 bits per heavy atom. The van der Waals surface area contributed by atoms with Crippen molar-refractivity contribution in [1.82, 2.24) is 14.1 Å². The number of aromatic nitrogens is 3. The van der Waals surface area contributed by atoms with E-state index in [1.165, 1.54) is 5.56 Å². The van der Waals surface area contributed by atoms with Crippen LogP contribution in [-0.4, -0.2) is 37.8 Å².